The van der Waals surface area contributed by atoms with Crippen molar-refractivity contribution in [3.63, 3.8) is 0 Å². The molecule has 0 saturated heterocycles. The molecule has 0 aromatic heterocycles. The van der Waals surface area contributed by atoms with Crippen LogP contribution in [-0.2, 0) is 11.3 Å². The highest BCUT2D eigenvalue weighted by Crippen LogP contribution is 2.37. The van der Waals surface area contributed by atoms with Crippen LogP contribution in [0, 0.1) is 5.41 Å². The van der Waals surface area contributed by atoms with Crippen LogP contribution in [-0.4, -0.2) is 18.0 Å². The lowest BCUT2D eigenvalue weighted by molar-refractivity contribution is -0.129. The number of amides is 1. The Kier molecular flexibility index (Phi) is 5.17. The van der Waals surface area contributed by atoms with Gasteiger partial charge in [-0.1, -0.05) is 43.6 Å². The zero-order chi connectivity index (χ0) is 15.3. The number of carbonyl (C=O) groups is 1. The Labute approximate surface area is 131 Å². The number of benzene rings is 1. The molecule has 5 heteroatoms. The Morgan fingerprint density at radius 2 is 1.90 bits per heavy atom. The zero-order valence-corrected chi connectivity index (χ0v) is 13.2. The Hall–Kier alpha value is -1.62. The number of ether oxygens (including phenoxy) is 1. The van der Waals surface area contributed by atoms with Crippen LogP contribution in [0.25, 0.3) is 0 Å². The minimum atomic E-state index is -0.653. The van der Waals surface area contributed by atoms with E-state index in [1.54, 1.807) is 7.11 Å². The third-order valence-corrected chi connectivity index (χ3v) is 4.62. The first-order valence-electron chi connectivity index (χ1n) is 7.29. The van der Waals surface area contributed by atoms with Crippen LogP contribution >= 0.6 is 12.2 Å². The number of methoxy groups -OCH3 is 1. The fraction of sp³-hybridized carbons (Fsp3) is 0.500. The molecule has 4 nitrogen and oxygen atoms in total. The topological polar surface area (TPSA) is 64.3 Å². The van der Waals surface area contributed by atoms with Gasteiger partial charge in [-0.3, -0.25) is 4.79 Å². The van der Waals surface area contributed by atoms with Gasteiger partial charge in [-0.15, -0.1) is 0 Å². The lowest BCUT2D eigenvalue weighted by atomic mass is 9.73. The van der Waals surface area contributed by atoms with Crippen LogP contribution in [0.5, 0.6) is 5.75 Å². The van der Waals surface area contributed by atoms with Crippen LogP contribution in [0.2, 0.25) is 0 Å². The maximum absolute atomic E-state index is 12.6. The van der Waals surface area contributed by atoms with Gasteiger partial charge in [0.2, 0.25) is 5.91 Å². The van der Waals surface area contributed by atoms with E-state index in [1.807, 2.05) is 24.3 Å². The molecule has 2 rings (SSSR count). The first-order chi connectivity index (χ1) is 10.1. The monoisotopic (exact) mass is 306 g/mol. The van der Waals surface area contributed by atoms with Gasteiger partial charge in [0.15, 0.2) is 0 Å². The molecule has 114 valence electrons. The van der Waals surface area contributed by atoms with Gasteiger partial charge in [0, 0.05) is 6.54 Å². The molecule has 1 aliphatic rings. The van der Waals surface area contributed by atoms with Crippen LogP contribution in [0.3, 0.4) is 0 Å². The summed E-state index contributed by atoms with van der Waals surface area (Å²) in [6, 6.07) is 7.64. The van der Waals surface area contributed by atoms with Crippen molar-refractivity contribution in [2.24, 2.45) is 11.1 Å². The van der Waals surface area contributed by atoms with E-state index in [0.29, 0.717) is 11.5 Å². The van der Waals surface area contributed by atoms with Gasteiger partial charge in [0.25, 0.3) is 0 Å². The molecule has 21 heavy (non-hydrogen) atoms. The molecule has 1 aromatic carbocycles. The summed E-state index contributed by atoms with van der Waals surface area (Å²) in [5.74, 6) is 0.766. The molecule has 0 heterocycles. The van der Waals surface area contributed by atoms with Crippen molar-refractivity contribution in [3.8, 4) is 5.75 Å². The molecule has 0 atom stereocenters. The maximum Gasteiger partial charge on any atom is 0.233 e. The van der Waals surface area contributed by atoms with Crippen LogP contribution < -0.4 is 15.8 Å². The molecule has 3 N–H and O–H groups in total. The summed E-state index contributed by atoms with van der Waals surface area (Å²) in [5.41, 5.74) is 6.24. The second-order valence-corrected chi connectivity index (χ2v) is 5.98. The van der Waals surface area contributed by atoms with Gasteiger partial charge in [-0.05, 0) is 30.5 Å². The van der Waals surface area contributed by atoms with E-state index < -0.39 is 5.41 Å². The smallest absolute Gasteiger partial charge is 0.233 e. The van der Waals surface area contributed by atoms with E-state index in [1.165, 1.54) is 0 Å². The predicted molar refractivity (Wildman–Crippen MR) is 87.1 cm³/mol. The van der Waals surface area contributed by atoms with Gasteiger partial charge in [-0.2, -0.15) is 0 Å². The summed E-state index contributed by atoms with van der Waals surface area (Å²) < 4.78 is 5.12. The molecule has 1 saturated carbocycles. The van der Waals surface area contributed by atoms with E-state index in [2.05, 4.69) is 5.32 Å². The number of carbonyl (C=O) groups excluding carboxylic acids is 1. The molecule has 1 aliphatic carbocycles. The van der Waals surface area contributed by atoms with Crippen molar-refractivity contribution in [1.29, 1.82) is 0 Å². The van der Waals surface area contributed by atoms with Crippen molar-refractivity contribution in [3.05, 3.63) is 29.8 Å². The lowest BCUT2D eigenvalue weighted by Crippen LogP contribution is -2.49. The normalized spacial score (nSPS) is 17.0. The third-order valence-electron chi connectivity index (χ3n) is 4.23. The molecule has 0 unspecified atom stereocenters. The highest BCUT2D eigenvalue weighted by Gasteiger charge is 2.42. The minimum absolute atomic E-state index is 0.0366. The standard InChI is InChI=1S/C16H22N2O2S/c1-20-13-7-5-12(6-8-13)11-18-15(19)16(14(17)21)9-3-2-4-10-16/h5-8H,2-4,9-11H2,1H3,(H2,17,21)(H,18,19). The molecule has 1 amide bonds. The summed E-state index contributed by atoms with van der Waals surface area (Å²) in [6.07, 6.45) is 4.68. The summed E-state index contributed by atoms with van der Waals surface area (Å²) >= 11 is 5.17. The van der Waals surface area contributed by atoms with Gasteiger partial charge in [-0.25, -0.2) is 0 Å². The van der Waals surface area contributed by atoms with E-state index in [-0.39, 0.29) is 5.91 Å². The average molecular weight is 306 g/mol. The molecule has 0 spiro atoms. The molecule has 1 fully saturated rings. The molecule has 0 radical (unpaired) electrons. The summed E-state index contributed by atoms with van der Waals surface area (Å²) in [4.78, 5) is 12.9. The van der Waals surface area contributed by atoms with E-state index >= 15 is 0 Å². The van der Waals surface area contributed by atoms with Gasteiger partial charge >= 0.3 is 0 Å². The first kappa shape index (κ1) is 15.8. The number of thiocarbonyl (C=S) groups is 1. The minimum Gasteiger partial charge on any atom is -0.497 e. The van der Waals surface area contributed by atoms with Crippen molar-refractivity contribution in [2.75, 3.05) is 7.11 Å². The number of rotatable bonds is 5. The van der Waals surface area contributed by atoms with Crippen LogP contribution in [0.4, 0.5) is 0 Å². The van der Waals surface area contributed by atoms with Crippen LogP contribution in [0.15, 0.2) is 24.3 Å². The first-order valence-corrected chi connectivity index (χ1v) is 7.70. The second-order valence-electron chi connectivity index (χ2n) is 5.54. The average Bonchev–Trinajstić information content (AvgIpc) is 2.53. The Morgan fingerprint density at radius 1 is 1.29 bits per heavy atom. The van der Waals surface area contributed by atoms with E-state index in [4.69, 9.17) is 22.7 Å². The summed E-state index contributed by atoms with van der Waals surface area (Å²) in [7, 11) is 1.63. The van der Waals surface area contributed by atoms with Gasteiger partial charge < -0.3 is 15.8 Å². The van der Waals surface area contributed by atoms with Crippen molar-refractivity contribution < 1.29 is 9.53 Å². The Bertz CT molecular complexity index is 508. The largest absolute Gasteiger partial charge is 0.497 e. The quantitative estimate of drug-likeness (QED) is 0.821. The summed E-state index contributed by atoms with van der Waals surface area (Å²) in [6.45, 7) is 0.479. The molecular formula is C16H22N2O2S. The molecule has 0 bridgehead atoms. The number of hydrogen-bond acceptors (Lipinski definition) is 3. The number of hydrogen-bond donors (Lipinski definition) is 2. The Morgan fingerprint density at radius 3 is 2.43 bits per heavy atom. The zero-order valence-electron chi connectivity index (χ0n) is 12.4. The lowest BCUT2D eigenvalue weighted by Gasteiger charge is -2.34. The molecular weight excluding hydrogens is 284 g/mol. The number of nitrogens with one attached hydrogen (secondary N) is 1. The molecule has 1 aromatic rings. The van der Waals surface area contributed by atoms with Crippen molar-refractivity contribution >= 4 is 23.1 Å². The SMILES string of the molecule is COc1ccc(CNC(=O)C2(C(N)=S)CCCCC2)cc1. The van der Waals surface area contributed by atoms with Crippen molar-refractivity contribution in [1.82, 2.24) is 5.32 Å². The Balaban J connectivity index is 2.00. The fourth-order valence-electron chi connectivity index (χ4n) is 2.84. The maximum atomic E-state index is 12.6. The van der Waals surface area contributed by atoms with Crippen molar-refractivity contribution in [2.45, 2.75) is 38.6 Å². The van der Waals surface area contributed by atoms with Gasteiger partial charge in [0.05, 0.1) is 17.5 Å². The number of nitrogens with two attached hydrogens (primary N) is 1. The fourth-order valence-corrected chi connectivity index (χ4v) is 3.13. The predicted octanol–water partition coefficient (Wildman–Crippen LogP) is 2.55. The van der Waals surface area contributed by atoms with Gasteiger partial charge in [0.1, 0.15) is 5.75 Å². The van der Waals surface area contributed by atoms with E-state index in [9.17, 15) is 4.79 Å². The molecule has 0 aliphatic heterocycles. The van der Waals surface area contributed by atoms with E-state index in [0.717, 1.165) is 43.4 Å². The van der Waals surface area contributed by atoms with Crippen LogP contribution in [0.1, 0.15) is 37.7 Å². The highest BCUT2D eigenvalue weighted by atomic mass is 32.1. The summed E-state index contributed by atoms with van der Waals surface area (Å²) in [5, 5.41) is 2.98. The third kappa shape index (κ3) is 3.53. The highest BCUT2D eigenvalue weighted by molar-refractivity contribution is 7.80. The second kappa shape index (κ2) is 6.89.